The van der Waals surface area contributed by atoms with Crippen molar-refractivity contribution in [2.75, 3.05) is 5.32 Å². The topological polar surface area (TPSA) is 84.2 Å². The molecule has 0 saturated carbocycles. The van der Waals surface area contributed by atoms with E-state index in [9.17, 15) is 9.59 Å². The molecule has 20 heavy (non-hydrogen) atoms. The fourth-order valence-corrected chi connectivity index (χ4v) is 1.52. The third-order valence-corrected chi connectivity index (χ3v) is 2.45. The molecule has 0 unspecified atom stereocenters. The average molecular weight is 300 g/mol. The zero-order chi connectivity index (χ0) is 14.4. The van der Waals surface area contributed by atoms with E-state index in [0.29, 0.717) is 12.1 Å². The van der Waals surface area contributed by atoms with E-state index < -0.39 is 6.04 Å². The standard InChI is InChI=1S/C14H21N3O2.ClH/c1-9(2)16-13(18)8-11-4-6-12(7-5-11)17-14(19)10(3)15;/h4-7,9-10H,8,15H2,1-3H3,(H,16,18)(H,17,19);1H/t10-;/m1./s1. The first-order chi connectivity index (χ1) is 8.88. The van der Waals surface area contributed by atoms with Crippen molar-refractivity contribution in [2.45, 2.75) is 39.3 Å². The minimum atomic E-state index is -0.545. The van der Waals surface area contributed by atoms with Crippen LogP contribution in [0.5, 0.6) is 0 Å². The van der Waals surface area contributed by atoms with Gasteiger partial charge in [-0.25, -0.2) is 0 Å². The van der Waals surface area contributed by atoms with E-state index in [1.807, 2.05) is 26.0 Å². The number of benzene rings is 1. The minimum absolute atomic E-state index is 0. The Morgan fingerprint density at radius 3 is 2.15 bits per heavy atom. The number of nitrogens with one attached hydrogen (secondary N) is 2. The van der Waals surface area contributed by atoms with Gasteiger partial charge in [-0.15, -0.1) is 12.4 Å². The van der Waals surface area contributed by atoms with Crippen molar-refractivity contribution in [2.24, 2.45) is 5.73 Å². The maximum absolute atomic E-state index is 11.6. The van der Waals surface area contributed by atoms with Gasteiger partial charge in [-0.1, -0.05) is 12.1 Å². The van der Waals surface area contributed by atoms with Crippen LogP contribution in [0.15, 0.2) is 24.3 Å². The maximum Gasteiger partial charge on any atom is 0.240 e. The third kappa shape index (κ3) is 6.54. The van der Waals surface area contributed by atoms with E-state index in [1.165, 1.54) is 0 Å². The molecular formula is C14H22ClN3O2. The first kappa shape index (κ1) is 18.4. The number of hydrogen-bond donors (Lipinski definition) is 3. The Morgan fingerprint density at radius 2 is 1.70 bits per heavy atom. The van der Waals surface area contributed by atoms with Crippen LogP contribution in [0.1, 0.15) is 26.3 Å². The van der Waals surface area contributed by atoms with Crippen molar-refractivity contribution in [3.8, 4) is 0 Å². The minimum Gasteiger partial charge on any atom is -0.354 e. The molecule has 1 atom stereocenters. The molecule has 112 valence electrons. The van der Waals surface area contributed by atoms with Gasteiger partial charge in [0.05, 0.1) is 12.5 Å². The van der Waals surface area contributed by atoms with Crippen molar-refractivity contribution in [3.63, 3.8) is 0 Å². The van der Waals surface area contributed by atoms with Crippen LogP contribution in [0.4, 0.5) is 5.69 Å². The first-order valence-electron chi connectivity index (χ1n) is 6.33. The van der Waals surface area contributed by atoms with Gasteiger partial charge in [0.2, 0.25) is 11.8 Å². The van der Waals surface area contributed by atoms with E-state index in [-0.39, 0.29) is 30.3 Å². The normalized spacial score (nSPS) is 11.4. The molecule has 0 radical (unpaired) electrons. The van der Waals surface area contributed by atoms with Gasteiger partial charge >= 0.3 is 0 Å². The molecule has 1 rings (SSSR count). The lowest BCUT2D eigenvalue weighted by Gasteiger charge is -2.10. The Kier molecular flexibility index (Phi) is 7.87. The average Bonchev–Trinajstić information content (AvgIpc) is 2.30. The second kappa shape index (κ2) is 8.55. The van der Waals surface area contributed by atoms with Crippen LogP contribution in [0.25, 0.3) is 0 Å². The van der Waals surface area contributed by atoms with E-state index in [1.54, 1.807) is 19.1 Å². The van der Waals surface area contributed by atoms with Gasteiger partial charge in [0.15, 0.2) is 0 Å². The number of hydrogen-bond acceptors (Lipinski definition) is 3. The highest BCUT2D eigenvalue weighted by Crippen LogP contribution is 2.10. The van der Waals surface area contributed by atoms with Gasteiger partial charge in [0.1, 0.15) is 0 Å². The third-order valence-electron chi connectivity index (χ3n) is 2.45. The van der Waals surface area contributed by atoms with Crippen molar-refractivity contribution < 1.29 is 9.59 Å². The molecule has 0 aliphatic rings. The van der Waals surface area contributed by atoms with E-state index in [0.717, 1.165) is 5.56 Å². The lowest BCUT2D eigenvalue weighted by molar-refractivity contribution is -0.121. The SMILES string of the molecule is CC(C)NC(=O)Cc1ccc(NC(=O)[C@@H](C)N)cc1.Cl. The summed E-state index contributed by atoms with van der Waals surface area (Å²) >= 11 is 0. The van der Waals surface area contributed by atoms with Gasteiger partial charge in [-0.3, -0.25) is 9.59 Å². The van der Waals surface area contributed by atoms with Crippen molar-refractivity contribution >= 4 is 29.9 Å². The molecule has 5 nitrogen and oxygen atoms in total. The molecule has 0 bridgehead atoms. The van der Waals surface area contributed by atoms with Crippen molar-refractivity contribution in [1.29, 1.82) is 0 Å². The fourth-order valence-electron chi connectivity index (χ4n) is 1.52. The highest BCUT2D eigenvalue weighted by atomic mass is 35.5. The molecule has 0 aliphatic carbocycles. The Labute approximate surface area is 125 Å². The van der Waals surface area contributed by atoms with Gasteiger partial charge in [-0.05, 0) is 38.5 Å². The second-order valence-corrected chi connectivity index (χ2v) is 4.87. The second-order valence-electron chi connectivity index (χ2n) is 4.87. The number of nitrogens with two attached hydrogens (primary N) is 1. The molecule has 1 aromatic carbocycles. The lowest BCUT2D eigenvalue weighted by Crippen LogP contribution is -2.32. The molecule has 0 saturated heterocycles. The summed E-state index contributed by atoms with van der Waals surface area (Å²) in [7, 11) is 0. The van der Waals surface area contributed by atoms with Crippen LogP contribution in [-0.2, 0) is 16.0 Å². The van der Waals surface area contributed by atoms with Crippen molar-refractivity contribution in [1.82, 2.24) is 5.32 Å². The summed E-state index contributed by atoms with van der Waals surface area (Å²) in [5.41, 5.74) is 7.04. The predicted molar refractivity (Wildman–Crippen MR) is 83.0 cm³/mol. The number of halogens is 1. The zero-order valence-corrected chi connectivity index (χ0v) is 12.8. The summed E-state index contributed by atoms with van der Waals surface area (Å²) in [4.78, 5) is 23.0. The molecule has 6 heteroatoms. The molecule has 0 fully saturated rings. The van der Waals surface area contributed by atoms with E-state index >= 15 is 0 Å². The van der Waals surface area contributed by atoms with Gasteiger partial charge in [0, 0.05) is 11.7 Å². The Morgan fingerprint density at radius 1 is 1.15 bits per heavy atom. The molecule has 0 heterocycles. The van der Waals surface area contributed by atoms with Crippen LogP contribution in [-0.4, -0.2) is 23.9 Å². The highest BCUT2D eigenvalue weighted by Gasteiger charge is 2.08. The molecular weight excluding hydrogens is 278 g/mol. The highest BCUT2D eigenvalue weighted by molar-refractivity contribution is 5.94. The fraction of sp³-hybridized carbons (Fsp3) is 0.429. The number of anilines is 1. The van der Waals surface area contributed by atoms with Gasteiger partial charge < -0.3 is 16.4 Å². The quantitative estimate of drug-likeness (QED) is 0.769. The largest absolute Gasteiger partial charge is 0.354 e. The maximum atomic E-state index is 11.6. The van der Waals surface area contributed by atoms with E-state index in [4.69, 9.17) is 5.73 Å². The van der Waals surface area contributed by atoms with Crippen molar-refractivity contribution in [3.05, 3.63) is 29.8 Å². The molecule has 2 amide bonds. The Bertz CT molecular complexity index is 444. The lowest BCUT2D eigenvalue weighted by atomic mass is 10.1. The van der Waals surface area contributed by atoms with Gasteiger partial charge in [-0.2, -0.15) is 0 Å². The van der Waals surface area contributed by atoms with Crippen LogP contribution in [0.2, 0.25) is 0 Å². The Balaban J connectivity index is 0.00000361. The van der Waals surface area contributed by atoms with E-state index in [2.05, 4.69) is 10.6 Å². The first-order valence-corrected chi connectivity index (χ1v) is 6.33. The molecule has 4 N–H and O–H groups in total. The smallest absolute Gasteiger partial charge is 0.240 e. The number of carbonyl (C=O) groups excluding carboxylic acids is 2. The Hall–Kier alpha value is -1.59. The number of carbonyl (C=O) groups is 2. The van der Waals surface area contributed by atoms with Crippen LogP contribution in [0.3, 0.4) is 0 Å². The van der Waals surface area contributed by atoms with Gasteiger partial charge in [0.25, 0.3) is 0 Å². The summed E-state index contributed by atoms with van der Waals surface area (Å²) in [5, 5.41) is 5.52. The zero-order valence-electron chi connectivity index (χ0n) is 12.0. The summed E-state index contributed by atoms with van der Waals surface area (Å²) < 4.78 is 0. The van der Waals surface area contributed by atoms with Crippen LogP contribution in [0, 0.1) is 0 Å². The molecule has 0 aromatic heterocycles. The predicted octanol–water partition coefficient (Wildman–Crippen LogP) is 1.46. The monoisotopic (exact) mass is 299 g/mol. The van der Waals surface area contributed by atoms with Crippen LogP contribution < -0.4 is 16.4 Å². The summed E-state index contributed by atoms with van der Waals surface area (Å²) in [6.07, 6.45) is 0.333. The summed E-state index contributed by atoms with van der Waals surface area (Å²) in [5.74, 6) is -0.243. The molecule has 1 aromatic rings. The molecule has 0 aliphatic heterocycles. The van der Waals surface area contributed by atoms with Crippen LogP contribution >= 0.6 is 12.4 Å². The summed E-state index contributed by atoms with van der Waals surface area (Å²) in [6, 6.07) is 6.75. The number of amides is 2. The molecule has 0 spiro atoms. The number of rotatable bonds is 5. The summed E-state index contributed by atoms with van der Waals surface area (Å²) in [6.45, 7) is 5.47.